The summed E-state index contributed by atoms with van der Waals surface area (Å²) in [5.74, 6) is -2.37. The van der Waals surface area contributed by atoms with Crippen LogP contribution in [-0.2, 0) is 34.9 Å². The lowest BCUT2D eigenvalue weighted by Gasteiger charge is -2.48. The number of rotatable bonds is 8. The number of methoxy groups -OCH3 is 2. The molecular formula is C29H40N2O10. The zero-order chi connectivity index (χ0) is 29.4. The summed E-state index contributed by atoms with van der Waals surface area (Å²) in [5.41, 5.74) is 3.38. The summed E-state index contributed by atoms with van der Waals surface area (Å²) in [4.78, 5) is 19.0. The fourth-order valence-electron chi connectivity index (χ4n) is 6.59. The standard InChI is InChI=1S/C29H40N2O10/c1-5-14-17(12-19-22-16(10-11-31(19)2)15-8-6-7-9-18(15)30-22)21(26(36)37-3)28(38-4)40-27(14)41-29-25(35)24(34)23(33)20(13-32)39-29/h5-9,14,17,19-21,23-25,27-30,32-35H,1,10-13H2,2-4H3/t14-,17+,19?,20-,21+,23-,24+,25-,27+,28-,29+/m1/s1. The Kier molecular flexibility index (Phi) is 9.14. The Morgan fingerprint density at radius 2 is 1.88 bits per heavy atom. The number of benzene rings is 1. The number of likely N-dealkylation sites (N-methyl/N-ethyl adjacent to an activating group) is 1. The molecule has 2 saturated heterocycles. The minimum absolute atomic E-state index is 0.0886. The minimum atomic E-state index is -1.63. The number of H-pyrrole nitrogens is 1. The van der Waals surface area contributed by atoms with E-state index >= 15 is 0 Å². The summed E-state index contributed by atoms with van der Waals surface area (Å²) >= 11 is 0. The third-order valence-corrected chi connectivity index (χ3v) is 8.85. The van der Waals surface area contributed by atoms with Crippen molar-refractivity contribution in [1.29, 1.82) is 0 Å². The average molecular weight is 577 g/mol. The number of aromatic nitrogens is 1. The number of fused-ring (bicyclic) bond motifs is 3. The van der Waals surface area contributed by atoms with E-state index in [1.807, 2.05) is 25.2 Å². The molecule has 11 atom stereocenters. The van der Waals surface area contributed by atoms with E-state index in [0.717, 1.165) is 24.2 Å². The van der Waals surface area contributed by atoms with Gasteiger partial charge in [-0.1, -0.05) is 24.3 Å². The summed E-state index contributed by atoms with van der Waals surface area (Å²) in [7, 11) is 4.78. The number of hydrogen-bond acceptors (Lipinski definition) is 11. The second-order valence-corrected chi connectivity index (χ2v) is 11.0. The van der Waals surface area contributed by atoms with Crippen LogP contribution in [-0.4, -0.2) is 114 Å². The van der Waals surface area contributed by atoms with Crippen molar-refractivity contribution in [3.8, 4) is 0 Å². The molecule has 4 heterocycles. The second-order valence-electron chi connectivity index (χ2n) is 11.0. The molecule has 0 aliphatic carbocycles. The molecule has 2 fully saturated rings. The summed E-state index contributed by atoms with van der Waals surface area (Å²) < 4.78 is 28.5. The fourth-order valence-corrected chi connectivity index (χ4v) is 6.59. The molecule has 2 aromatic rings. The van der Waals surface area contributed by atoms with Gasteiger partial charge in [-0.3, -0.25) is 9.69 Å². The molecule has 0 spiro atoms. The number of carbonyl (C=O) groups excluding carboxylic acids is 1. The number of para-hydroxylation sites is 1. The van der Waals surface area contributed by atoms with Gasteiger partial charge >= 0.3 is 5.97 Å². The van der Waals surface area contributed by atoms with Gasteiger partial charge in [0.15, 0.2) is 18.9 Å². The maximum Gasteiger partial charge on any atom is 0.314 e. The number of ether oxygens (including phenoxy) is 5. The molecule has 41 heavy (non-hydrogen) atoms. The third kappa shape index (κ3) is 5.44. The van der Waals surface area contributed by atoms with Gasteiger partial charge in [0.1, 0.15) is 30.3 Å². The summed E-state index contributed by atoms with van der Waals surface area (Å²) in [6.45, 7) is 4.23. The first kappa shape index (κ1) is 30.1. The van der Waals surface area contributed by atoms with E-state index in [2.05, 4.69) is 22.5 Å². The largest absolute Gasteiger partial charge is 0.469 e. The number of aliphatic hydroxyl groups excluding tert-OH is 4. The molecule has 1 aromatic carbocycles. The number of carbonyl (C=O) groups is 1. The zero-order valence-corrected chi connectivity index (χ0v) is 23.5. The number of hydrogen-bond donors (Lipinski definition) is 5. The molecule has 1 aromatic heterocycles. The molecular weight excluding hydrogens is 536 g/mol. The normalized spacial score (nSPS) is 38.0. The third-order valence-electron chi connectivity index (χ3n) is 8.85. The lowest BCUT2D eigenvalue weighted by molar-refractivity contribution is -0.377. The van der Waals surface area contributed by atoms with Crippen LogP contribution in [0, 0.1) is 17.8 Å². The van der Waals surface area contributed by atoms with Crippen molar-refractivity contribution in [3.05, 3.63) is 48.2 Å². The van der Waals surface area contributed by atoms with Gasteiger partial charge in [0.2, 0.25) is 0 Å². The maximum absolute atomic E-state index is 13.2. The Morgan fingerprint density at radius 3 is 2.56 bits per heavy atom. The topological polar surface area (TPSA) is 163 Å². The number of aromatic amines is 1. The minimum Gasteiger partial charge on any atom is -0.469 e. The van der Waals surface area contributed by atoms with Crippen LogP contribution in [0.3, 0.4) is 0 Å². The number of nitrogens with zero attached hydrogens (tertiary/aromatic N) is 1. The van der Waals surface area contributed by atoms with Gasteiger partial charge in [0.25, 0.3) is 0 Å². The molecule has 3 aliphatic heterocycles. The first-order valence-corrected chi connectivity index (χ1v) is 13.9. The highest BCUT2D eigenvalue weighted by molar-refractivity contribution is 5.85. The van der Waals surface area contributed by atoms with E-state index in [1.165, 1.54) is 25.2 Å². The van der Waals surface area contributed by atoms with Crippen molar-refractivity contribution in [2.45, 2.75) is 62.2 Å². The number of esters is 1. The number of aliphatic hydroxyl groups is 4. The average Bonchev–Trinajstić information content (AvgIpc) is 3.37. The van der Waals surface area contributed by atoms with Crippen molar-refractivity contribution in [2.75, 3.05) is 34.4 Å². The van der Waals surface area contributed by atoms with Gasteiger partial charge in [-0.05, 0) is 37.4 Å². The summed E-state index contributed by atoms with van der Waals surface area (Å²) in [6.07, 6.45) is -6.54. The van der Waals surface area contributed by atoms with Crippen molar-refractivity contribution >= 4 is 16.9 Å². The van der Waals surface area contributed by atoms with Crippen molar-refractivity contribution in [3.63, 3.8) is 0 Å². The Labute approximate surface area is 238 Å². The monoisotopic (exact) mass is 576 g/mol. The Morgan fingerprint density at radius 1 is 1.12 bits per heavy atom. The Hall–Kier alpha value is -2.39. The molecule has 226 valence electrons. The van der Waals surface area contributed by atoms with E-state index in [9.17, 15) is 25.2 Å². The molecule has 12 nitrogen and oxygen atoms in total. The van der Waals surface area contributed by atoms with Gasteiger partial charge in [0, 0.05) is 36.2 Å². The van der Waals surface area contributed by atoms with Gasteiger partial charge < -0.3 is 49.1 Å². The highest BCUT2D eigenvalue weighted by atomic mass is 16.8. The first-order chi connectivity index (χ1) is 19.7. The van der Waals surface area contributed by atoms with E-state index in [4.69, 9.17) is 23.7 Å². The summed E-state index contributed by atoms with van der Waals surface area (Å²) in [5, 5.41) is 41.9. The van der Waals surface area contributed by atoms with Crippen LogP contribution >= 0.6 is 0 Å². The van der Waals surface area contributed by atoms with Crippen molar-refractivity contribution in [1.82, 2.24) is 9.88 Å². The van der Waals surface area contributed by atoms with Crippen LogP contribution in [0.5, 0.6) is 0 Å². The SMILES string of the molecule is C=C[C@H]1[C@H](O[C@@H]2O[C@H](CO)[C@@H](O)[C@H](O)[C@H]2O)O[C@@H](OC)[C@H](C(=O)OC)[C@H]1CC1c2[nH]c3ccccc3c2CCN1C. The molecule has 0 amide bonds. The Balaban J connectivity index is 1.49. The van der Waals surface area contributed by atoms with Crippen LogP contribution in [0.4, 0.5) is 0 Å². The van der Waals surface area contributed by atoms with Crippen molar-refractivity contribution in [2.24, 2.45) is 17.8 Å². The van der Waals surface area contributed by atoms with Crippen LogP contribution in [0.1, 0.15) is 23.7 Å². The Bertz CT molecular complexity index is 1220. The zero-order valence-electron chi connectivity index (χ0n) is 23.5. The fraction of sp³-hybridized carbons (Fsp3) is 0.621. The maximum atomic E-state index is 13.2. The van der Waals surface area contributed by atoms with E-state index in [1.54, 1.807) is 6.08 Å². The van der Waals surface area contributed by atoms with Crippen LogP contribution in [0.15, 0.2) is 36.9 Å². The number of nitrogens with one attached hydrogen (secondary N) is 1. The lowest BCUT2D eigenvalue weighted by atomic mass is 9.73. The van der Waals surface area contributed by atoms with Crippen LogP contribution in [0.25, 0.3) is 10.9 Å². The summed E-state index contributed by atoms with van der Waals surface area (Å²) in [6, 6.07) is 8.08. The van der Waals surface area contributed by atoms with E-state index < -0.39 is 73.6 Å². The molecule has 3 aliphatic rings. The van der Waals surface area contributed by atoms with Gasteiger partial charge in [-0.25, -0.2) is 0 Å². The lowest BCUT2D eigenvalue weighted by Crippen LogP contribution is -2.61. The van der Waals surface area contributed by atoms with Crippen LogP contribution < -0.4 is 0 Å². The molecule has 12 heteroatoms. The quantitative estimate of drug-likeness (QED) is 0.219. The predicted octanol–water partition coefficient (Wildman–Crippen LogP) is 0.440. The molecule has 0 bridgehead atoms. The second kappa shape index (κ2) is 12.5. The molecule has 0 saturated carbocycles. The highest BCUT2D eigenvalue weighted by Gasteiger charge is 2.53. The highest BCUT2D eigenvalue weighted by Crippen LogP contribution is 2.46. The van der Waals surface area contributed by atoms with Gasteiger partial charge in [-0.15, -0.1) is 6.58 Å². The predicted molar refractivity (Wildman–Crippen MR) is 145 cm³/mol. The van der Waals surface area contributed by atoms with Gasteiger partial charge in [0.05, 0.1) is 19.8 Å². The molecule has 5 rings (SSSR count). The first-order valence-electron chi connectivity index (χ1n) is 13.9. The van der Waals surface area contributed by atoms with E-state index in [0.29, 0.717) is 6.42 Å². The molecule has 0 radical (unpaired) electrons. The molecule has 1 unspecified atom stereocenters. The van der Waals surface area contributed by atoms with Crippen LogP contribution in [0.2, 0.25) is 0 Å². The molecule has 5 N–H and O–H groups in total. The van der Waals surface area contributed by atoms with Crippen molar-refractivity contribution < 1.29 is 48.9 Å². The van der Waals surface area contributed by atoms with E-state index in [-0.39, 0.29) is 6.04 Å². The smallest absolute Gasteiger partial charge is 0.314 e. The van der Waals surface area contributed by atoms with Gasteiger partial charge in [-0.2, -0.15) is 0 Å².